The van der Waals surface area contributed by atoms with E-state index in [1.54, 1.807) is 21.3 Å². The highest BCUT2D eigenvalue weighted by atomic mass is 16.5. The maximum atomic E-state index is 13.2. The van der Waals surface area contributed by atoms with Crippen LogP contribution in [0.25, 0.3) is 0 Å². The molecule has 35 heavy (non-hydrogen) atoms. The number of fused-ring (bicyclic) bond motifs is 1. The summed E-state index contributed by atoms with van der Waals surface area (Å²) < 4.78 is 22.9. The normalized spacial score (nSPS) is 16.7. The predicted molar refractivity (Wildman–Crippen MR) is 135 cm³/mol. The van der Waals surface area contributed by atoms with Crippen molar-refractivity contribution in [2.75, 3.05) is 26.6 Å². The van der Waals surface area contributed by atoms with Gasteiger partial charge in [0.25, 0.3) is 0 Å². The zero-order chi connectivity index (χ0) is 24.4. The molecule has 5 rings (SSSR count). The standard InChI is InChI=1S/C29H29NO5/c1-32-25-14-19(12-13-24(25)35-17-18-8-5-4-6-9-18)28-20-15-26(33-2)27(34-3)16-22(20)30-21-10-7-11-23(31)29(21)28/h4-6,8-9,12-16,28,30H,7,10-11,17H2,1-3H3/t28-/m0/s1. The van der Waals surface area contributed by atoms with Gasteiger partial charge in [-0.25, -0.2) is 0 Å². The molecule has 1 aliphatic heterocycles. The fourth-order valence-corrected chi connectivity index (χ4v) is 4.95. The molecule has 0 bridgehead atoms. The third-order valence-electron chi connectivity index (χ3n) is 6.66. The molecule has 3 aromatic rings. The van der Waals surface area contributed by atoms with Crippen LogP contribution in [0.15, 0.2) is 71.9 Å². The van der Waals surface area contributed by atoms with E-state index in [9.17, 15) is 4.79 Å². The fourth-order valence-electron chi connectivity index (χ4n) is 4.95. The molecule has 0 spiro atoms. The van der Waals surface area contributed by atoms with Crippen molar-refractivity contribution >= 4 is 11.5 Å². The van der Waals surface area contributed by atoms with Gasteiger partial charge < -0.3 is 24.3 Å². The molecule has 0 unspecified atom stereocenters. The number of allylic oxidation sites excluding steroid dienone is 2. The summed E-state index contributed by atoms with van der Waals surface area (Å²) in [6.45, 7) is 0.442. The van der Waals surface area contributed by atoms with Gasteiger partial charge >= 0.3 is 0 Å². The van der Waals surface area contributed by atoms with Gasteiger partial charge in [-0.15, -0.1) is 0 Å². The minimum Gasteiger partial charge on any atom is -0.493 e. The van der Waals surface area contributed by atoms with Gasteiger partial charge in [0.05, 0.1) is 21.3 Å². The van der Waals surface area contributed by atoms with Crippen LogP contribution in [0.3, 0.4) is 0 Å². The average Bonchev–Trinajstić information content (AvgIpc) is 2.90. The number of Topliss-reactive ketones (excluding diaryl/α,β-unsaturated/α-hetero) is 1. The maximum Gasteiger partial charge on any atom is 0.162 e. The summed E-state index contributed by atoms with van der Waals surface area (Å²) in [6, 6.07) is 19.8. The van der Waals surface area contributed by atoms with E-state index in [1.807, 2.05) is 60.7 Å². The van der Waals surface area contributed by atoms with Crippen LogP contribution in [0.4, 0.5) is 5.69 Å². The number of nitrogens with one attached hydrogen (secondary N) is 1. The predicted octanol–water partition coefficient (Wildman–Crippen LogP) is 5.86. The van der Waals surface area contributed by atoms with Crippen molar-refractivity contribution in [3.8, 4) is 23.0 Å². The summed E-state index contributed by atoms with van der Waals surface area (Å²) in [4.78, 5) is 13.2. The van der Waals surface area contributed by atoms with Crippen LogP contribution in [0.1, 0.15) is 41.9 Å². The lowest BCUT2D eigenvalue weighted by molar-refractivity contribution is -0.116. The van der Waals surface area contributed by atoms with Crippen LogP contribution in [0.2, 0.25) is 0 Å². The van der Waals surface area contributed by atoms with Crippen molar-refractivity contribution in [2.24, 2.45) is 0 Å². The van der Waals surface area contributed by atoms with Crippen LogP contribution in [-0.2, 0) is 11.4 Å². The maximum absolute atomic E-state index is 13.2. The van der Waals surface area contributed by atoms with Gasteiger partial charge in [-0.05, 0) is 47.7 Å². The molecule has 0 saturated heterocycles. The summed E-state index contributed by atoms with van der Waals surface area (Å²) in [7, 11) is 4.88. The first-order chi connectivity index (χ1) is 17.1. The van der Waals surface area contributed by atoms with E-state index < -0.39 is 0 Å². The summed E-state index contributed by atoms with van der Waals surface area (Å²) >= 11 is 0. The Kier molecular flexibility index (Phi) is 6.36. The topological polar surface area (TPSA) is 66.0 Å². The molecule has 1 aliphatic carbocycles. The molecule has 0 amide bonds. The Hall–Kier alpha value is -3.93. The van der Waals surface area contributed by atoms with Gasteiger partial charge in [-0.3, -0.25) is 4.79 Å². The molecule has 1 heterocycles. The van der Waals surface area contributed by atoms with E-state index >= 15 is 0 Å². The van der Waals surface area contributed by atoms with Crippen molar-refractivity contribution in [3.05, 3.63) is 88.6 Å². The number of anilines is 1. The number of methoxy groups -OCH3 is 3. The van der Waals surface area contributed by atoms with Crippen LogP contribution in [-0.4, -0.2) is 27.1 Å². The number of carbonyl (C=O) groups is 1. The molecule has 0 radical (unpaired) electrons. The van der Waals surface area contributed by atoms with E-state index in [2.05, 4.69) is 5.32 Å². The number of ether oxygens (including phenoxy) is 4. The molecular weight excluding hydrogens is 442 g/mol. The first-order valence-electron chi connectivity index (χ1n) is 11.8. The van der Waals surface area contributed by atoms with Gasteiger partial charge in [-0.2, -0.15) is 0 Å². The summed E-state index contributed by atoms with van der Waals surface area (Å²) in [5.74, 6) is 2.49. The second-order valence-corrected chi connectivity index (χ2v) is 8.71. The third kappa shape index (κ3) is 4.32. The molecule has 0 fully saturated rings. The average molecular weight is 472 g/mol. The first kappa shape index (κ1) is 22.8. The highest BCUT2D eigenvalue weighted by Gasteiger charge is 2.36. The molecule has 2 aliphatic rings. The SMILES string of the molecule is COc1cc2c(cc1OC)[C@H](c1ccc(OCc3ccccc3)c(OC)c1)C1=C(CCCC1=O)N2. The smallest absolute Gasteiger partial charge is 0.162 e. The highest BCUT2D eigenvalue weighted by molar-refractivity contribution is 6.01. The van der Waals surface area contributed by atoms with Crippen molar-refractivity contribution in [2.45, 2.75) is 31.8 Å². The van der Waals surface area contributed by atoms with Gasteiger partial charge in [-0.1, -0.05) is 36.4 Å². The molecule has 1 N–H and O–H groups in total. The molecule has 0 aromatic heterocycles. The first-order valence-corrected chi connectivity index (χ1v) is 11.8. The fraction of sp³-hybridized carbons (Fsp3) is 0.276. The Balaban J connectivity index is 1.57. The van der Waals surface area contributed by atoms with Crippen molar-refractivity contribution in [1.29, 1.82) is 0 Å². The number of carbonyl (C=O) groups excluding carboxylic acids is 1. The second kappa shape index (κ2) is 9.74. The second-order valence-electron chi connectivity index (χ2n) is 8.71. The number of hydrogen-bond donors (Lipinski definition) is 1. The minimum absolute atomic E-state index is 0.174. The van der Waals surface area contributed by atoms with Gasteiger partial charge in [0.15, 0.2) is 28.8 Å². The monoisotopic (exact) mass is 471 g/mol. The largest absolute Gasteiger partial charge is 0.493 e. The Bertz CT molecular complexity index is 1280. The number of hydrogen-bond acceptors (Lipinski definition) is 6. The number of rotatable bonds is 7. The molecule has 6 heteroatoms. The van der Waals surface area contributed by atoms with E-state index in [4.69, 9.17) is 18.9 Å². The minimum atomic E-state index is -0.245. The lowest BCUT2D eigenvalue weighted by Gasteiger charge is -2.34. The van der Waals surface area contributed by atoms with E-state index in [0.29, 0.717) is 36.0 Å². The highest BCUT2D eigenvalue weighted by Crippen LogP contribution is 2.49. The third-order valence-corrected chi connectivity index (χ3v) is 6.66. The van der Waals surface area contributed by atoms with Crippen LogP contribution >= 0.6 is 0 Å². The van der Waals surface area contributed by atoms with Gasteiger partial charge in [0, 0.05) is 35.4 Å². The zero-order valence-electron chi connectivity index (χ0n) is 20.2. The number of benzene rings is 3. The lowest BCUT2D eigenvalue weighted by atomic mass is 9.75. The summed E-state index contributed by atoms with van der Waals surface area (Å²) in [6.07, 6.45) is 2.23. The Morgan fingerprint density at radius 3 is 2.29 bits per heavy atom. The Labute approximate surface area is 205 Å². The molecule has 0 saturated carbocycles. The van der Waals surface area contributed by atoms with Crippen LogP contribution in [0.5, 0.6) is 23.0 Å². The molecular formula is C29H29NO5. The van der Waals surface area contributed by atoms with Gasteiger partial charge in [0.1, 0.15) is 6.61 Å². The summed E-state index contributed by atoms with van der Waals surface area (Å²) in [5.41, 5.74) is 5.73. The van der Waals surface area contributed by atoms with E-state index in [-0.39, 0.29) is 11.7 Å². The lowest BCUT2D eigenvalue weighted by Crippen LogP contribution is -2.27. The van der Waals surface area contributed by atoms with Gasteiger partial charge in [0.2, 0.25) is 0 Å². The van der Waals surface area contributed by atoms with Crippen molar-refractivity contribution in [3.63, 3.8) is 0 Å². The van der Waals surface area contributed by atoms with E-state index in [1.165, 1.54) is 0 Å². The Morgan fingerprint density at radius 1 is 0.829 bits per heavy atom. The molecule has 6 nitrogen and oxygen atoms in total. The molecule has 3 aromatic carbocycles. The van der Waals surface area contributed by atoms with Crippen LogP contribution < -0.4 is 24.3 Å². The number of ketones is 1. The summed E-state index contributed by atoms with van der Waals surface area (Å²) in [5, 5.41) is 3.50. The van der Waals surface area contributed by atoms with Crippen molar-refractivity contribution in [1.82, 2.24) is 0 Å². The van der Waals surface area contributed by atoms with Crippen molar-refractivity contribution < 1.29 is 23.7 Å². The van der Waals surface area contributed by atoms with E-state index in [0.717, 1.165) is 46.5 Å². The quantitative estimate of drug-likeness (QED) is 0.466. The molecule has 1 atom stereocenters. The van der Waals surface area contributed by atoms with Crippen LogP contribution in [0, 0.1) is 0 Å². The zero-order valence-corrected chi connectivity index (χ0v) is 20.2. The Morgan fingerprint density at radius 2 is 1.54 bits per heavy atom. The molecule has 180 valence electrons.